The molecule has 2 heteroatoms. The quantitative estimate of drug-likeness (QED) is 0.762. The Morgan fingerprint density at radius 3 is 1.68 bits per heavy atom. The van der Waals surface area contributed by atoms with E-state index in [2.05, 4.69) is 51.6 Å². The summed E-state index contributed by atoms with van der Waals surface area (Å²) in [6.45, 7) is 15.0. The highest BCUT2D eigenvalue weighted by atomic mass is 15.2. The number of likely N-dealkylation sites (tertiary alicyclic amines) is 2. The van der Waals surface area contributed by atoms with Gasteiger partial charge in [0.05, 0.1) is 0 Å². The molecule has 2 aliphatic carbocycles. The number of rotatable bonds is 2. The van der Waals surface area contributed by atoms with E-state index in [9.17, 15) is 0 Å². The number of hydrogen-bond acceptors (Lipinski definition) is 2. The van der Waals surface area contributed by atoms with Crippen LogP contribution in [-0.4, -0.2) is 50.1 Å². The Balaban J connectivity index is 0.000000131. The molecule has 2 nitrogen and oxygen atoms in total. The Hall–Kier alpha value is -0.0800. The SMILES string of the molecule is CC(C)C1CC2(C1)CN(C)C2.CC(C)C1CCC12CN(C)C2. The van der Waals surface area contributed by atoms with E-state index in [0.717, 1.165) is 34.5 Å². The molecule has 128 valence electrons. The van der Waals surface area contributed by atoms with Gasteiger partial charge in [0.1, 0.15) is 0 Å². The van der Waals surface area contributed by atoms with Crippen LogP contribution in [0.1, 0.15) is 53.4 Å². The van der Waals surface area contributed by atoms with Crippen molar-refractivity contribution in [1.29, 1.82) is 0 Å². The Kier molecular flexibility index (Phi) is 4.40. The van der Waals surface area contributed by atoms with Crippen molar-refractivity contribution in [3.05, 3.63) is 0 Å². The van der Waals surface area contributed by atoms with E-state index in [1.165, 1.54) is 51.9 Å². The van der Waals surface area contributed by atoms with Crippen molar-refractivity contribution in [3.63, 3.8) is 0 Å². The van der Waals surface area contributed by atoms with Crippen molar-refractivity contribution in [2.75, 3.05) is 40.3 Å². The van der Waals surface area contributed by atoms with E-state index in [4.69, 9.17) is 0 Å². The minimum Gasteiger partial charge on any atom is -0.305 e. The zero-order chi connectivity index (χ0) is 16.1. The number of nitrogens with zero attached hydrogens (tertiary/aromatic N) is 2. The molecular weight excluding hydrogens is 268 g/mol. The van der Waals surface area contributed by atoms with Crippen LogP contribution in [0.2, 0.25) is 0 Å². The van der Waals surface area contributed by atoms with Gasteiger partial charge >= 0.3 is 0 Å². The van der Waals surface area contributed by atoms with Crippen LogP contribution in [-0.2, 0) is 0 Å². The van der Waals surface area contributed by atoms with Gasteiger partial charge in [0.15, 0.2) is 0 Å². The zero-order valence-corrected chi connectivity index (χ0v) is 15.9. The molecule has 1 atom stereocenters. The van der Waals surface area contributed by atoms with E-state index < -0.39 is 0 Å². The summed E-state index contributed by atoms with van der Waals surface area (Å²) in [7, 11) is 4.47. The molecule has 4 aliphatic rings. The highest BCUT2D eigenvalue weighted by Crippen LogP contribution is 2.55. The highest BCUT2D eigenvalue weighted by molar-refractivity contribution is 5.05. The van der Waals surface area contributed by atoms with Gasteiger partial charge in [-0.2, -0.15) is 0 Å². The predicted octanol–water partition coefficient (Wildman–Crippen LogP) is 3.97. The second-order valence-corrected chi connectivity index (χ2v) is 10.0. The zero-order valence-electron chi connectivity index (χ0n) is 15.9. The highest BCUT2D eigenvalue weighted by Gasteiger charge is 2.54. The average molecular weight is 307 g/mol. The molecule has 0 aromatic rings. The standard InChI is InChI=1S/2C10H19N/c1-8(2)9-4-10(5-9)6-11(3)7-10;1-8(2)9-4-5-10(9)6-11(3)7-10/h2*8-9H,4-7H2,1-3H3. The van der Waals surface area contributed by atoms with Crippen LogP contribution in [0, 0.1) is 34.5 Å². The topological polar surface area (TPSA) is 6.48 Å². The minimum atomic E-state index is 0.781. The molecule has 1 unspecified atom stereocenters. The second kappa shape index (κ2) is 5.77. The molecule has 0 radical (unpaired) electrons. The molecule has 4 rings (SSSR count). The van der Waals surface area contributed by atoms with E-state index in [1.807, 2.05) is 0 Å². The van der Waals surface area contributed by atoms with Crippen molar-refractivity contribution in [2.45, 2.75) is 53.4 Å². The summed E-state index contributed by atoms with van der Waals surface area (Å²) in [5.41, 5.74) is 1.58. The molecule has 0 aromatic carbocycles. The Morgan fingerprint density at radius 2 is 1.36 bits per heavy atom. The Morgan fingerprint density at radius 1 is 0.818 bits per heavy atom. The third kappa shape index (κ3) is 2.86. The molecule has 0 amide bonds. The first kappa shape index (κ1) is 16.8. The lowest BCUT2D eigenvalue weighted by Crippen LogP contribution is -2.63. The van der Waals surface area contributed by atoms with Gasteiger partial charge in [-0.3, -0.25) is 0 Å². The maximum absolute atomic E-state index is 2.45. The van der Waals surface area contributed by atoms with Crippen LogP contribution in [0.3, 0.4) is 0 Å². The van der Waals surface area contributed by atoms with Gasteiger partial charge < -0.3 is 9.80 Å². The van der Waals surface area contributed by atoms with E-state index in [-0.39, 0.29) is 0 Å². The summed E-state index contributed by atoms with van der Waals surface area (Å²) in [6, 6.07) is 0. The van der Waals surface area contributed by atoms with Gasteiger partial charge in [-0.1, -0.05) is 27.7 Å². The molecule has 2 saturated carbocycles. The van der Waals surface area contributed by atoms with Crippen LogP contribution >= 0.6 is 0 Å². The summed E-state index contributed by atoms with van der Waals surface area (Å²) in [5, 5.41) is 0. The van der Waals surface area contributed by atoms with Gasteiger partial charge in [-0.25, -0.2) is 0 Å². The van der Waals surface area contributed by atoms with Crippen molar-refractivity contribution < 1.29 is 0 Å². The minimum absolute atomic E-state index is 0.781. The van der Waals surface area contributed by atoms with E-state index in [0.29, 0.717) is 0 Å². The Labute approximate surface area is 138 Å². The molecule has 2 spiro atoms. The molecule has 2 aliphatic heterocycles. The van der Waals surface area contributed by atoms with Crippen molar-refractivity contribution in [3.8, 4) is 0 Å². The molecule has 4 fully saturated rings. The molecule has 2 heterocycles. The third-order valence-electron chi connectivity index (χ3n) is 7.26. The molecule has 0 aromatic heterocycles. The van der Waals surface area contributed by atoms with Crippen molar-refractivity contribution in [1.82, 2.24) is 9.80 Å². The van der Waals surface area contributed by atoms with Gasteiger partial charge in [0.2, 0.25) is 0 Å². The fraction of sp³-hybridized carbons (Fsp3) is 1.00. The van der Waals surface area contributed by atoms with Gasteiger partial charge in [0.25, 0.3) is 0 Å². The van der Waals surface area contributed by atoms with Gasteiger partial charge in [-0.05, 0) is 74.3 Å². The molecular formula is C20H38N2. The van der Waals surface area contributed by atoms with Crippen molar-refractivity contribution >= 4 is 0 Å². The number of hydrogen-bond donors (Lipinski definition) is 0. The molecule has 0 N–H and O–H groups in total. The lowest BCUT2D eigenvalue weighted by Gasteiger charge is -2.61. The van der Waals surface area contributed by atoms with Crippen LogP contribution in [0.4, 0.5) is 0 Å². The average Bonchev–Trinajstić information content (AvgIpc) is 2.25. The predicted molar refractivity (Wildman–Crippen MR) is 95.0 cm³/mol. The fourth-order valence-electron chi connectivity index (χ4n) is 6.06. The Bertz CT molecular complexity index is 381. The van der Waals surface area contributed by atoms with Crippen LogP contribution in [0.25, 0.3) is 0 Å². The van der Waals surface area contributed by atoms with Gasteiger partial charge in [-0.15, -0.1) is 0 Å². The van der Waals surface area contributed by atoms with Crippen LogP contribution in [0.15, 0.2) is 0 Å². The first-order valence-electron chi connectivity index (χ1n) is 9.62. The normalized spacial score (nSPS) is 33.0. The third-order valence-corrected chi connectivity index (χ3v) is 7.26. The maximum Gasteiger partial charge on any atom is 0.00502 e. The smallest absolute Gasteiger partial charge is 0.00502 e. The van der Waals surface area contributed by atoms with E-state index >= 15 is 0 Å². The lowest BCUT2D eigenvalue weighted by molar-refractivity contribution is -0.119. The molecule has 22 heavy (non-hydrogen) atoms. The molecule has 0 bridgehead atoms. The van der Waals surface area contributed by atoms with Gasteiger partial charge in [0, 0.05) is 26.2 Å². The summed E-state index contributed by atoms with van der Waals surface area (Å²) in [6.07, 6.45) is 6.01. The first-order chi connectivity index (χ1) is 10.3. The summed E-state index contributed by atoms with van der Waals surface area (Å²) in [5.74, 6) is 3.92. The van der Waals surface area contributed by atoms with Crippen LogP contribution < -0.4 is 0 Å². The monoisotopic (exact) mass is 306 g/mol. The summed E-state index contributed by atoms with van der Waals surface area (Å²) in [4.78, 5) is 4.89. The van der Waals surface area contributed by atoms with E-state index in [1.54, 1.807) is 0 Å². The first-order valence-corrected chi connectivity index (χ1v) is 9.62. The second-order valence-electron chi connectivity index (χ2n) is 10.0. The summed E-state index contributed by atoms with van der Waals surface area (Å²) >= 11 is 0. The maximum atomic E-state index is 2.45. The largest absolute Gasteiger partial charge is 0.305 e. The van der Waals surface area contributed by atoms with Crippen molar-refractivity contribution in [2.24, 2.45) is 34.5 Å². The van der Waals surface area contributed by atoms with Crippen LogP contribution in [0.5, 0.6) is 0 Å². The fourth-order valence-corrected chi connectivity index (χ4v) is 6.06. The summed E-state index contributed by atoms with van der Waals surface area (Å²) < 4.78 is 0. The molecule has 2 saturated heterocycles. The lowest BCUT2D eigenvalue weighted by atomic mass is 9.53.